The molecule has 0 unspecified atom stereocenters. The minimum Gasteiger partial charge on any atom is -0.261 e. The lowest BCUT2D eigenvalue weighted by Crippen LogP contribution is -2.03. The number of rotatable bonds is 2. The molecular weight excluding hydrogens is 229 g/mol. The second-order valence-electron chi connectivity index (χ2n) is 4.28. The lowest BCUT2D eigenvalue weighted by Gasteiger charge is -2.05. The molecule has 2 heterocycles. The Balaban J connectivity index is 2.05. The van der Waals surface area contributed by atoms with Gasteiger partial charge in [0.2, 0.25) is 0 Å². The Labute approximate surface area is 104 Å². The van der Waals surface area contributed by atoms with E-state index in [4.69, 9.17) is 0 Å². The average molecular weight is 241 g/mol. The third kappa shape index (κ3) is 1.86. The molecule has 0 amide bonds. The van der Waals surface area contributed by atoms with Crippen molar-refractivity contribution in [3.8, 4) is 0 Å². The largest absolute Gasteiger partial charge is 0.261 e. The first-order valence-corrected chi connectivity index (χ1v) is 5.75. The van der Waals surface area contributed by atoms with Gasteiger partial charge in [-0.2, -0.15) is 5.10 Å². The normalized spacial score (nSPS) is 11.0. The molecule has 0 aliphatic heterocycles. The van der Waals surface area contributed by atoms with Gasteiger partial charge in [-0.3, -0.25) is 9.67 Å². The zero-order valence-corrected chi connectivity index (χ0v) is 9.97. The van der Waals surface area contributed by atoms with Gasteiger partial charge < -0.3 is 0 Å². The van der Waals surface area contributed by atoms with Crippen LogP contribution < -0.4 is 0 Å². The number of aryl methyl sites for hydroxylation is 1. The van der Waals surface area contributed by atoms with Gasteiger partial charge in [-0.05, 0) is 19.1 Å². The summed E-state index contributed by atoms with van der Waals surface area (Å²) in [6.07, 6.45) is 3.54. The highest BCUT2D eigenvalue weighted by Crippen LogP contribution is 2.16. The Morgan fingerprint density at radius 3 is 2.89 bits per heavy atom. The van der Waals surface area contributed by atoms with Gasteiger partial charge in [-0.15, -0.1) is 0 Å². The van der Waals surface area contributed by atoms with Crippen molar-refractivity contribution in [3.63, 3.8) is 0 Å². The predicted octanol–water partition coefficient (Wildman–Crippen LogP) is 2.93. The monoisotopic (exact) mass is 241 g/mol. The third-order valence-electron chi connectivity index (χ3n) is 2.94. The molecule has 90 valence electrons. The number of benzene rings is 1. The summed E-state index contributed by atoms with van der Waals surface area (Å²) in [6.45, 7) is 2.36. The van der Waals surface area contributed by atoms with Crippen LogP contribution in [0.15, 0.2) is 42.7 Å². The van der Waals surface area contributed by atoms with Gasteiger partial charge in [0.05, 0.1) is 18.3 Å². The Morgan fingerprint density at radius 2 is 2.06 bits per heavy atom. The van der Waals surface area contributed by atoms with Gasteiger partial charge >= 0.3 is 0 Å². The highest BCUT2D eigenvalue weighted by atomic mass is 19.1. The smallest absolute Gasteiger partial charge is 0.128 e. The van der Waals surface area contributed by atoms with Crippen LogP contribution in [0.5, 0.6) is 0 Å². The van der Waals surface area contributed by atoms with E-state index in [1.165, 1.54) is 6.07 Å². The summed E-state index contributed by atoms with van der Waals surface area (Å²) in [5.41, 5.74) is 2.54. The van der Waals surface area contributed by atoms with E-state index in [-0.39, 0.29) is 5.82 Å². The van der Waals surface area contributed by atoms with E-state index < -0.39 is 0 Å². The highest BCUT2D eigenvalue weighted by Gasteiger charge is 2.06. The Kier molecular flexibility index (Phi) is 2.55. The first-order chi connectivity index (χ1) is 8.74. The average Bonchev–Trinajstić information content (AvgIpc) is 2.75. The number of nitrogens with zero attached hydrogens (tertiary/aromatic N) is 3. The van der Waals surface area contributed by atoms with Gasteiger partial charge in [0, 0.05) is 22.8 Å². The quantitative estimate of drug-likeness (QED) is 0.690. The molecule has 0 fully saturated rings. The third-order valence-corrected chi connectivity index (χ3v) is 2.94. The molecule has 3 nitrogen and oxygen atoms in total. The number of halogens is 1. The van der Waals surface area contributed by atoms with Gasteiger partial charge in [0.15, 0.2) is 0 Å². The van der Waals surface area contributed by atoms with Crippen LogP contribution in [0.4, 0.5) is 4.39 Å². The molecule has 0 N–H and O–H groups in total. The second-order valence-corrected chi connectivity index (χ2v) is 4.28. The molecule has 0 radical (unpaired) electrons. The van der Waals surface area contributed by atoms with E-state index in [9.17, 15) is 4.39 Å². The van der Waals surface area contributed by atoms with E-state index in [0.29, 0.717) is 12.1 Å². The van der Waals surface area contributed by atoms with Crippen LogP contribution in [0.3, 0.4) is 0 Å². The van der Waals surface area contributed by atoms with Crippen molar-refractivity contribution in [2.45, 2.75) is 13.5 Å². The van der Waals surface area contributed by atoms with Crippen LogP contribution in [0.1, 0.15) is 11.3 Å². The molecular formula is C14H12FN3. The summed E-state index contributed by atoms with van der Waals surface area (Å²) in [6, 6.07) is 8.72. The Hall–Kier alpha value is -2.23. The fraction of sp³-hybridized carbons (Fsp3) is 0.143. The van der Waals surface area contributed by atoms with E-state index >= 15 is 0 Å². The zero-order valence-electron chi connectivity index (χ0n) is 9.97. The van der Waals surface area contributed by atoms with Crippen LogP contribution in [0, 0.1) is 12.7 Å². The minimum atomic E-state index is -0.202. The van der Waals surface area contributed by atoms with Crippen LogP contribution in [0.2, 0.25) is 0 Å². The molecule has 4 heteroatoms. The first-order valence-electron chi connectivity index (χ1n) is 5.75. The summed E-state index contributed by atoms with van der Waals surface area (Å²) in [4.78, 5) is 4.22. The summed E-state index contributed by atoms with van der Waals surface area (Å²) in [5.74, 6) is -0.202. The first kappa shape index (κ1) is 10.9. The molecule has 18 heavy (non-hydrogen) atoms. The van der Waals surface area contributed by atoms with Crippen LogP contribution >= 0.6 is 0 Å². The van der Waals surface area contributed by atoms with E-state index in [1.54, 1.807) is 29.2 Å². The summed E-state index contributed by atoms with van der Waals surface area (Å²) >= 11 is 0. The molecule has 0 aliphatic rings. The second kappa shape index (κ2) is 4.22. The van der Waals surface area contributed by atoms with Crippen molar-refractivity contribution in [1.82, 2.24) is 14.8 Å². The van der Waals surface area contributed by atoms with Crippen LogP contribution in [0.25, 0.3) is 10.9 Å². The standard InChI is InChI=1S/C14H12FN3/c1-10-6-14-12(7-16-10)8-17-18(14)9-11-4-2-3-5-13(11)15/h2-8H,9H2,1H3. The maximum Gasteiger partial charge on any atom is 0.128 e. The molecule has 0 bridgehead atoms. The number of aromatic nitrogens is 3. The van der Waals surface area contributed by atoms with Crippen molar-refractivity contribution in [3.05, 3.63) is 59.8 Å². The molecule has 0 aliphatic carbocycles. The molecule has 0 atom stereocenters. The molecule has 3 aromatic rings. The number of pyridine rings is 1. The van der Waals surface area contributed by atoms with E-state index in [0.717, 1.165) is 16.6 Å². The summed E-state index contributed by atoms with van der Waals surface area (Å²) < 4.78 is 15.4. The van der Waals surface area contributed by atoms with E-state index in [1.807, 2.05) is 19.1 Å². The summed E-state index contributed by atoms with van der Waals surface area (Å²) in [7, 11) is 0. The molecule has 0 spiro atoms. The molecule has 2 aromatic heterocycles. The van der Waals surface area contributed by atoms with Gasteiger partial charge in [-0.25, -0.2) is 4.39 Å². The number of fused-ring (bicyclic) bond motifs is 1. The van der Waals surface area contributed by atoms with Crippen LogP contribution in [-0.4, -0.2) is 14.8 Å². The topological polar surface area (TPSA) is 30.7 Å². The van der Waals surface area contributed by atoms with Crippen molar-refractivity contribution in [1.29, 1.82) is 0 Å². The van der Waals surface area contributed by atoms with Gasteiger partial charge in [-0.1, -0.05) is 18.2 Å². The molecule has 0 saturated heterocycles. The Bertz CT molecular complexity index is 703. The molecule has 1 aromatic carbocycles. The summed E-state index contributed by atoms with van der Waals surface area (Å²) in [5, 5.41) is 5.25. The number of hydrogen-bond donors (Lipinski definition) is 0. The van der Waals surface area contributed by atoms with Crippen molar-refractivity contribution in [2.75, 3.05) is 0 Å². The van der Waals surface area contributed by atoms with Crippen molar-refractivity contribution >= 4 is 10.9 Å². The minimum absolute atomic E-state index is 0.202. The zero-order chi connectivity index (χ0) is 12.5. The highest BCUT2D eigenvalue weighted by molar-refractivity contribution is 5.77. The fourth-order valence-electron chi connectivity index (χ4n) is 1.99. The maximum absolute atomic E-state index is 13.6. The lowest BCUT2D eigenvalue weighted by molar-refractivity contribution is 0.590. The van der Waals surface area contributed by atoms with Gasteiger partial charge in [0.25, 0.3) is 0 Å². The van der Waals surface area contributed by atoms with Gasteiger partial charge in [0.1, 0.15) is 5.82 Å². The molecule has 0 saturated carbocycles. The molecule has 3 rings (SSSR count). The van der Waals surface area contributed by atoms with Crippen LogP contribution in [-0.2, 0) is 6.54 Å². The lowest BCUT2D eigenvalue weighted by atomic mass is 10.2. The number of hydrogen-bond acceptors (Lipinski definition) is 2. The van der Waals surface area contributed by atoms with Crippen molar-refractivity contribution in [2.24, 2.45) is 0 Å². The van der Waals surface area contributed by atoms with Crippen molar-refractivity contribution < 1.29 is 4.39 Å². The maximum atomic E-state index is 13.6. The predicted molar refractivity (Wildman–Crippen MR) is 67.8 cm³/mol. The Morgan fingerprint density at radius 1 is 1.22 bits per heavy atom. The fourth-order valence-corrected chi connectivity index (χ4v) is 1.99. The van der Waals surface area contributed by atoms with E-state index in [2.05, 4.69) is 10.1 Å². The SMILES string of the molecule is Cc1cc2c(cn1)cnn2Cc1ccccc1F.